The summed E-state index contributed by atoms with van der Waals surface area (Å²) in [6.45, 7) is 5.22. The van der Waals surface area contributed by atoms with Gasteiger partial charge in [0.1, 0.15) is 5.58 Å². The Morgan fingerprint density at radius 1 is 1.18 bits per heavy atom. The van der Waals surface area contributed by atoms with Gasteiger partial charge >= 0.3 is 0 Å². The SMILES string of the molecule is CC(C)CNC[C@@H](O)CNS(=O)(=O)c1ccc2occc2c1. The predicted octanol–water partition coefficient (Wildman–Crippen LogP) is 1.32. The fourth-order valence-corrected chi connectivity index (χ4v) is 3.12. The molecule has 122 valence electrons. The first-order chi connectivity index (χ1) is 10.4. The van der Waals surface area contributed by atoms with Crippen LogP contribution in [-0.2, 0) is 10.0 Å². The average molecular weight is 326 g/mol. The molecule has 0 bridgehead atoms. The van der Waals surface area contributed by atoms with Crippen LogP contribution in [0.15, 0.2) is 39.8 Å². The van der Waals surface area contributed by atoms with Crippen LogP contribution in [-0.4, -0.2) is 39.3 Å². The third-order valence-electron chi connectivity index (χ3n) is 3.18. The fraction of sp³-hybridized carbons (Fsp3) is 0.467. The normalized spacial score (nSPS) is 13.8. The number of rotatable bonds is 8. The average Bonchev–Trinajstić information content (AvgIpc) is 2.92. The van der Waals surface area contributed by atoms with Gasteiger partial charge in [0, 0.05) is 18.5 Å². The van der Waals surface area contributed by atoms with Gasteiger partial charge < -0.3 is 14.8 Å². The second kappa shape index (κ2) is 7.23. The summed E-state index contributed by atoms with van der Waals surface area (Å²) in [5, 5.41) is 13.6. The summed E-state index contributed by atoms with van der Waals surface area (Å²) in [7, 11) is -3.65. The van der Waals surface area contributed by atoms with Crippen molar-refractivity contribution in [3.63, 3.8) is 0 Å². The molecule has 0 saturated heterocycles. The van der Waals surface area contributed by atoms with Gasteiger partial charge in [-0.15, -0.1) is 0 Å². The Kier molecular flexibility index (Phi) is 5.57. The van der Waals surface area contributed by atoms with E-state index in [-0.39, 0.29) is 11.4 Å². The fourth-order valence-electron chi connectivity index (χ4n) is 2.01. The van der Waals surface area contributed by atoms with Gasteiger partial charge in [-0.25, -0.2) is 13.1 Å². The maximum Gasteiger partial charge on any atom is 0.240 e. The molecule has 0 unspecified atom stereocenters. The molecule has 0 radical (unpaired) electrons. The van der Waals surface area contributed by atoms with E-state index in [9.17, 15) is 13.5 Å². The van der Waals surface area contributed by atoms with Crippen molar-refractivity contribution >= 4 is 21.0 Å². The van der Waals surface area contributed by atoms with Crippen LogP contribution in [0.1, 0.15) is 13.8 Å². The molecule has 1 aromatic carbocycles. The molecule has 6 nitrogen and oxygen atoms in total. The van der Waals surface area contributed by atoms with Gasteiger partial charge in [0.05, 0.1) is 17.3 Å². The zero-order valence-electron chi connectivity index (χ0n) is 12.7. The molecular formula is C15H22N2O4S. The van der Waals surface area contributed by atoms with Crippen molar-refractivity contribution < 1.29 is 17.9 Å². The van der Waals surface area contributed by atoms with Crippen LogP contribution in [0.3, 0.4) is 0 Å². The Labute approximate surface area is 130 Å². The first-order valence-electron chi connectivity index (χ1n) is 7.24. The summed E-state index contributed by atoms with van der Waals surface area (Å²) in [4.78, 5) is 0.156. The summed E-state index contributed by atoms with van der Waals surface area (Å²) in [5.74, 6) is 0.477. The number of sulfonamides is 1. The van der Waals surface area contributed by atoms with Crippen molar-refractivity contribution in [2.24, 2.45) is 5.92 Å². The monoisotopic (exact) mass is 326 g/mol. The number of hydrogen-bond acceptors (Lipinski definition) is 5. The number of aliphatic hydroxyl groups excluding tert-OH is 1. The van der Waals surface area contributed by atoms with Crippen molar-refractivity contribution in [3.05, 3.63) is 30.5 Å². The molecule has 22 heavy (non-hydrogen) atoms. The second-order valence-electron chi connectivity index (χ2n) is 5.68. The van der Waals surface area contributed by atoms with E-state index in [4.69, 9.17) is 4.42 Å². The largest absolute Gasteiger partial charge is 0.464 e. The summed E-state index contributed by atoms with van der Waals surface area (Å²) in [5.41, 5.74) is 0.636. The van der Waals surface area contributed by atoms with Crippen molar-refractivity contribution in [3.8, 4) is 0 Å². The minimum absolute atomic E-state index is 0.0309. The van der Waals surface area contributed by atoms with Crippen molar-refractivity contribution in [1.29, 1.82) is 0 Å². The smallest absolute Gasteiger partial charge is 0.240 e. The highest BCUT2D eigenvalue weighted by molar-refractivity contribution is 7.89. The minimum atomic E-state index is -3.65. The van der Waals surface area contributed by atoms with Crippen LogP contribution in [0.5, 0.6) is 0 Å². The van der Waals surface area contributed by atoms with Crippen molar-refractivity contribution in [1.82, 2.24) is 10.0 Å². The molecule has 0 aliphatic rings. The molecular weight excluding hydrogens is 304 g/mol. The lowest BCUT2D eigenvalue weighted by atomic mass is 10.2. The van der Waals surface area contributed by atoms with Gasteiger partial charge in [-0.05, 0) is 36.7 Å². The van der Waals surface area contributed by atoms with E-state index >= 15 is 0 Å². The minimum Gasteiger partial charge on any atom is -0.464 e. The highest BCUT2D eigenvalue weighted by Gasteiger charge is 2.16. The van der Waals surface area contributed by atoms with E-state index in [1.54, 1.807) is 18.2 Å². The van der Waals surface area contributed by atoms with E-state index in [2.05, 4.69) is 23.9 Å². The molecule has 0 amide bonds. The van der Waals surface area contributed by atoms with Gasteiger partial charge in [0.25, 0.3) is 0 Å². The van der Waals surface area contributed by atoms with E-state index in [0.29, 0.717) is 18.0 Å². The zero-order chi connectivity index (χ0) is 16.2. The van der Waals surface area contributed by atoms with E-state index < -0.39 is 16.1 Å². The maximum atomic E-state index is 12.2. The molecule has 1 heterocycles. The summed E-state index contributed by atoms with van der Waals surface area (Å²) in [6.07, 6.45) is 0.740. The summed E-state index contributed by atoms with van der Waals surface area (Å²) >= 11 is 0. The number of hydrogen-bond donors (Lipinski definition) is 3. The number of fused-ring (bicyclic) bond motifs is 1. The van der Waals surface area contributed by atoms with Crippen LogP contribution >= 0.6 is 0 Å². The Morgan fingerprint density at radius 3 is 2.68 bits per heavy atom. The molecule has 0 saturated carbocycles. The molecule has 0 spiro atoms. The molecule has 2 aromatic rings. The Balaban J connectivity index is 1.93. The topological polar surface area (TPSA) is 91.6 Å². The van der Waals surface area contributed by atoms with Crippen LogP contribution in [0.2, 0.25) is 0 Å². The van der Waals surface area contributed by atoms with Crippen molar-refractivity contribution in [2.75, 3.05) is 19.6 Å². The van der Waals surface area contributed by atoms with Gasteiger partial charge in [-0.2, -0.15) is 0 Å². The Bertz CT molecular complexity index is 709. The van der Waals surface area contributed by atoms with Crippen LogP contribution in [0.25, 0.3) is 11.0 Å². The highest BCUT2D eigenvalue weighted by Crippen LogP contribution is 2.19. The van der Waals surface area contributed by atoms with Gasteiger partial charge in [0.15, 0.2) is 0 Å². The molecule has 3 N–H and O–H groups in total. The van der Waals surface area contributed by atoms with Crippen LogP contribution in [0.4, 0.5) is 0 Å². The van der Waals surface area contributed by atoms with E-state index in [1.807, 2.05) is 0 Å². The molecule has 0 aliphatic carbocycles. The first-order valence-corrected chi connectivity index (χ1v) is 8.72. The highest BCUT2D eigenvalue weighted by atomic mass is 32.2. The number of furan rings is 1. The van der Waals surface area contributed by atoms with E-state index in [1.165, 1.54) is 12.3 Å². The Hall–Kier alpha value is -1.41. The number of aliphatic hydroxyl groups is 1. The van der Waals surface area contributed by atoms with Crippen LogP contribution < -0.4 is 10.0 Å². The number of benzene rings is 1. The molecule has 1 aromatic heterocycles. The third kappa shape index (κ3) is 4.54. The van der Waals surface area contributed by atoms with Crippen LogP contribution in [0, 0.1) is 5.92 Å². The lowest BCUT2D eigenvalue weighted by Crippen LogP contribution is -2.38. The lowest BCUT2D eigenvalue weighted by Gasteiger charge is -2.14. The standard InChI is InChI=1S/C15H22N2O4S/c1-11(2)8-16-9-13(18)10-17-22(19,20)14-3-4-15-12(7-14)5-6-21-15/h3-7,11,13,16-18H,8-10H2,1-2H3/t13-/m1/s1. The number of nitrogens with one attached hydrogen (secondary N) is 2. The molecule has 7 heteroatoms. The molecule has 2 rings (SSSR count). The quantitative estimate of drug-likeness (QED) is 0.680. The zero-order valence-corrected chi connectivity index (χ0v) is 13.6. The summed E-state index contributed by atoms with van der Waals surface area (Å²) in [6, 6.07) is 6.35. The second-order valence-corrected chi connectivity index (χ2v) is 7.45. The Morgan fingerprint density at radius 2 is 1.95 bits per heavy atom. The van der Waals surface area contributed by atoms with E-state index in [0.717, 1.165) is 11.9 Å². The summed E-state index contributed by atoms with van der Waals surface area (Å²) < 4.78 is 32.0. The maximum absolute atomic E-state index is 12.2. The lowest BCUT2D eigenvalue weighted by molar-refractivity contribution is 0.174. The van der Waals surface area contributed by atoms with Gasteiger partial charge in [0.2, 0.25) is 10.0 Å². The first kappa shape index (κ1) is 17.0. The molecule has 0 fully saturated rings. The molecule has 0 aliphatic heterocycles. The predicted molar refractivity (Wildman–Crippen MR) is 85.1 cm³/mol. The van der Waals surface area contributed by atoms with Crippen molar-refractivity contribution in [2.45, 2.75) is 24.8 Å². The third-order valence-corrected chi connectivity index (χ3v) is 4.60. The van der Waals surface area contributed by atoms with Gasteiger partial charge in [-0.1, -0.05) is 13.8 Å². The van der Waals surface area contributed by atoms with Gasteiger partial charge in [-0.3, -0.25) is 0 Å². The molecule has 1 atom stereocenters.